The highest BCUT2D eigenvalue weighted by atomic mass is 16.3. The first-order valence-electron chi connectivity index (χ1n) is 7.05. The number of anilines is 1. The van der Waals surface area contributed by atoms with Crippen molar-refractivity contribution in [2.45, 2.75) is 0 Å². The van der Waals surface area contributed by atoms with Gasteiger partial charge in [-0.3, -0.25) is 15.0 Å². The maximum atomic E-state index is 12.6. The quantitative estimate of drug-likeness (QED) is 0.755. The van der Waals surface area contributed by atoms with Crippen molar-refractivity contribution in [3.63, 3.8) is 0 Å². The molecule has 2 aromatic carbocycles. The molecule has 5 heteroatoms. The van der Waals surface area contributed by atoms with Gasteiger partial charge in [0.1, 0.15) is 0 Å². The largest absolute Gasteiger partial charge is 0.459 e. The molecule has 3 aromatic rings. The van der Waals surface area contributed by atoms with Gasteiger partial charge in [0.2, 0.25) is 0 Å². The lowest BCUT2D eigenvalue weighted by Gasteiger charge is -2.22. The van der Waals surface area contributed by atoms with Gasteiger partial charge in [0, 0.05) is 5.56 Å². The Hall–Kier alpha value is -3.34. The Bertz CT molecular complexity index is 784. The van der Waals surface area contributed by atoms with Gasteiger partial charge in [-0.1, -0.05) is 36.4 Å². The number of carbonyl (C=O) groups excluding carboxylic acids is 2. The highest BCUT2D eigenvalue weighted by Gasteiger charge is 2.22. The van der Waals surface area contributed by atoms with Crippen LogP contribution in [0, 0.1) is 0 Å². The predicted octanol–water partition coefficient (Wildman–Crippen LogP) is 3.27. The summed E-state index contributed by atoms with van der Waals surface area (Å²) in [5, 5.41) is 1.17. The van der Waals surface area contributed by atoms with Gasteiger partial charge in [0.25, 0.3) is 5.91 Å². The van der Waals surface area contributed by atoms with Crippen LogP contribution in [0.1, 0.15) is 20.9 Å². The molecule has 23 heavy (non-hydrogen) atoms. The molecule has 0 saturated carbocycles. The molecule has 0 radical (unpaired) electrons. The smallest absolute Gasteiger partial charge is 0.312 e. The van der Waals surface area contributed by atoms with Gasteiger partial charge in [0.05, 0.1) is 12.0 Å². The molecule has 0 saturated heterocycles. The minimum absolute atomic E-state index is 0.141. The standard InChI is InChI=1S/C18H14N2O3/c21-17(14-8-3-1-4-9-14)19-20(15-10-5-2-6-11-15)18(22)16-12-7-13-23-16/h1-13H,(H,19,21). The van der Waals surface area contributed by atoms with E-state index in [-0.39, 0.29) is 11.7 Å². The van der Waals surface area contributed by atoms with Gasteiger partial charge < -0.3 is 4.42 Å². The van der Waals surface area contributed by atoms with E-state index >= 15 is 0 Å². The van der Waals surface area contributed by atoms with Gasteiger partial charge in [-0.15, -0.1) is 0 Å². The SMILES string of the molecule is O=C(NN(C(=O)c1ccco1)c1ccccc1)c1ccccc1. The summed E-state index contributed by atoms with van der Waals surface area (Å²) in [6, 6.07) is 20.7. The third kappa shape index (κ3) is 3.29. The Morgan fingerprint density at radius 1 is 0.826 bits per heavy atom. The molecule has 0 aliphatic heterocycles. The lowest BCUT2D eigenvalue weighted by Crippen LogP contribution is -2.46. The van der Waals surface area contributed by atoms with Crippen LogP contribution < -0.4 is 10.4 Å². The second kappa shape index (κ2) is 6.62. The van der Waals surface area contributed by atoms with Crippen LogP contribution in [-0.4, -0.2) is 11.8 Å². The van der Waals surface area contributed by atoms with Crippen LogP contribution in [0.25, 0.3) is 0 Å². The third-order valence-electron chi connectivity index (χ3n) is 3.20. The van der Waals surface area contributed by atoms with E-state index in [2.05, 4.69) is 5.43 Å². The number of benzene rings is 2. The minimum Gasteiger partial charge on any atom is -0.459 e. The van der Waals surface area contributed by atoms with E-state index in [0.29, 0.717) is 11.3 Å². The molecule has 1 aromatic heterocycles. The lowest BCUT2D eigenvalue weighted by molar-refractivity contribution is 0.0874. The Morgan fingerprint density at radius 3 is 2.09 bits per heavy atom. The van der Waals surface area contributed by atoms with Crippen molar-refractivity contribution in [3.05, 3.63) is 90.4 Å². The molecule has 1 N–H and O–H groups in total. The maximum Gasteiger partial charge on any atom is 0.312 e. The molecular formula is C18H14N2O3. The number of nitrogens with one attached hydrogen (secondary N) is 1. The molecule has 5 nitrogen and oxygen atoms in total. The van der Waals surface area contributed by atoms with Crippen LogP contribution in [0.3, 0.4) is 0 Å². The molecule has 0 spiro atoms. The molecule has 0 fully saturated rings. The maximum absolute atomic E-state index is 12.6. The highest BCUT2D eigenvalue weighted by molar-refractivity contribution is 6.07. The summed E-state index contributed by atoms with van der Waals surface area (Å²) in [7, 11) is 0. The Balaban J connectivity index is 1.90. The molecule has 0 bridgehead atoms. The second-order valence-electron chi connectivity index (χ2n) is 4.76. The van der Waals surface area contributed by atoms with Crippen LogP contribution in [0.5, 0.6) is 0 Å². The summed E-state index contributed by atoms with van der Waals surface area (Å²) < 4.78 is 5.14. The van der Waals surface area contributed by atoms with Crippen molar-refractivity contribution in [1.82, 2.24) is 5.43 Å². The predicted molar refractivity (Wildman–Crippen MR) is 85.9 cm³/mol. The summed E-state index contributed by atoms with van der Waals surface area (Å²) in [5.74, 6) is -0.693. The molecule has 0 aliphatic rings. The lowest BCUT2D eigenvalue weighted by atomic mass is 10.2. The molecule has 3 rings (SSSR count). The van der Waals surface area contributed by atoms with Crippen LogP contribution in [0.4, 0.5) is 5.69 Å². The van der Waals surface area contributed by atoms with Crippen LogP contribution in [0.2, 0.25) is 0 Å². The van der Waals surface area contributed by atoms with E-state index in [4.69, 9.17) is 4.42 Å². The van der Waals surface area contributed by atoms with Crippen molar-refractivity contribution in [3.8, 4) is 0 Å². The van der Waals surface area contributed by atoms with Crippen molar-refractivity contribution in [1.29, 1.82) is 0 Å². The van der Waals surface area contributed by atoms with Crippen LogP contribution >= 0.6 is 0 Å². The minimum atomic E-state index is -0.453. The summed E-state index contributed by atoms with van der Waals surface area (Å²) in [6.07, 6.45) is 1.41. The van der Waals surface area contributed by atoms with Gasteiger partial charge in [0.15, 0.2) is 5.76 Å². The van der Waals surface area contributed by atoms with E-state index < -0.39 is 5.91 Å². The summed E-state index contributed by atoms with van der Waals surface area (Å²) in [6.45, 7) is 0. The van der Waals surface area contributed by atoms with Gasteiger partial charge in [-0.2, -0.15) is 0 Å². The Kier molecular flexibility index (Phi) is 4.20. The molecule has 0 unspecified atom stereocenters. The second-order valence-corrected chi connectivity index (χ2v) is 4.76. The van der Waals surface area contributed by atoms with E-state index in [1.54, 1.807) is 60.7 Å². The first-order chi connectivity index (χ1) is 11.3. The first-order valence-corrected chi connectivity index (χ1v) is 7.05. The number of hydrogen-bond donors (Lipinski definition) is 1. The normalized spacial score (nSPS) is 10.1. The molecule has 2 amide bonds. The zero-order valence-corrected chi connectivity index (χ0v) is 12.2. The zero-order valence-electron chi connectivity index (χ0n) is 12.2. The van der Waals surface area contributed by atoms with E-state index in [0.717, 1.165) is 0 Å². The number of para-hydroxylation sites is 1. The highest BCUT2D eigenvalue weighted by Crippen LogP contribution is 2.15. The number of hydrogen-bond acceptors (Lipinski definition) is 3. The molecule has 114 valence electrons. The van der Waals surface area contributed by atoms with Crippen LogP contribution in [0.15, 0.2) is 83.5 Å². The monoisotopic (exact) mass is 306 g/mol. The number of hydrazine groups is 1. The fourth-order valence-electron chi connectivity index (χ4n) is 2.08. The number of amides is 2. The Morgan fingerprint density at radius 2 is 1.48 bits per heavy atom. The topological polar surface area (TPSA) is 62.6 Å². The summed E-state index contributed by atoms with van der Waals surface area (Å²) in [5.41, 5.74) is 3.62. The number of rotatable bonds is 3. The molecule has 0 aliphatic carbocycles. The van der Waals surface area contributed by atoms with Crippen molar-refractivity contribution >= 4 is 17.5 Å². The van der Waals surface area contributed by atoms with Gasteiger partial charge >= 0.3 is 5.91 Å². The van der Waals surface area contributed by atoms with E-state index in [9.17, 15) is 9.59 Å². The summed E-state index contributed by atoms with van der Waals surface area (Å²) >= 11 is 0. The third-order valence-corrected chi connectivity index (χ3v) is 3.20. The van der Waals surface area contributed by atoms with Crippen molar-refractivity contribution in [2.24, 2.45) is 0 Å². The number of furan rings is 1. The van der Waals surface area contributed by atoms with Gasteiger partial charge in [-0.25, -0.2) is 5.01 Å². The van der Waals surface area contributed by atoms with Crippen LogP contribution in [-0.2, 0) is 0 Å². The molecule has 1 heterocycles. The fraction of sp³-hybridized carbons (Fsp3) is 0. The summed E-state index contributed by atoms with van der Waals surface area (Å²) in [4.78, 5) is 25.0. The molecular weight excluding hydrogens is 292 g/mol. The van der Waals surface area contributed by atoms with Crippen molar-refractivity contribution in [2.75, 3.05) is 5.01 Å². The van der Waals surface area contributed by atoms with Crippen molar-refractivity contribution < 1.29 is 14.0 Å². The zero-order chi connectivity index (χ0) is 16.1. The first kappa shape index (κ1) is 14.6. The molecule has 0 atom stereocenters. The Labute approximate surface area is 133 Å². The average molecular weight is 306 g/mol. The van der Waals surface area contributed by atoms with Gasteiger partial charge in [-0.05, 0) is 36.4 Å². The average Bonchev–Trinajstić information content (AvgIpc) is 3.15. The number of nitrogens with zero attached hydrogens (tertiary/aromatic N) is 1. The fourth-order valence-corrected chi connectivity index (χ4v) is 2.08. The number of carbonyl (C=O) groups is 2. The van der Waals surface area contributed by atoms with E-state index in [1.165, 1.54) is 11.3 Å². The van der Waals surface area contributed by atoms with E-state index in [1.807, 2.05) is 12.1 Å².